The van der Waals surface area contributed by atoms with Crippen LogP contribution >= 0.6 is 0 Å². The van der Waals surface area contributed by atoms with Gasteiger partial charge >= 0.3 is 5.97 Å². The summed E-state index contributed by atoms with van der Waals surface area (Å²) in [5.41, 5.74) is 0.411. The molecule has 188 valence electrons. The lowest BCUT2D eigenvalue weighted by atomic mass is 9.42. The molecule has 0 radical (unpaired) electrons. The van der Waals surface area contributed by atoms with Crippen molar-refractivity contribution in [1.82, 2.24) is 0 Å². The maximum atomic E-state index is 12.0. The van der Waals surface area contributed by atoms with E-state index in [0.29, 0.717) is 23.7 Å². The van der Waals surface area contributed by atoms with Crippen molar-refractivity contribution in [3.8, 4) is 0 Å². The van der Waals surface area contributed by atoms with Crippen LogP contribution in [0.25, 0.3) is 0 Å². The van der Waals surface area contributed by atoms with E-state index in [9.17, 15) is 9.90 Å². The number of carbonyl (C=O) groups excluding carboxylic acids is 1. The van der Waals surface area contributed by atoms with E-state index >= 15 is 0 Å². The lowest BCUT2D eigenvalue weighted by molar-refractivity contribution is -0.199. The van der Waals surface area contributed by atoms with Crippen molar-refractivity contribution < 1.29 is 14.6 Å². The third-order valence-electron chi connectivity index (χ3n) is 11.3. The second-order valence-electron chi connectivity index (χ2n) is 13.5. The molecule has 1 N–H and O–H groups in total. The molecule has 0 amide bonds. The fourth-order valence-electron chi connectivity index (χ4n) is 9.55. The number of ether oxygens (including phenoxy) is 1. The van der Waals surface area contributed by atoms with Crippen molar-refractivity contribution in [2.75, 3.05) is 0 Å². The lowest BCUT2D eigenvalue weighted by Gasteiger charge is -2.64. The molecule has 0 aromatic rings. The summed E-state index contributed by atoms with van der Waals surface area (Å²) in [6.45, 7) is 18.1. The monoisotopic (exact) mass is 458 g/mol. The average Bonchev–Trinajstić information content (AvgIpc) is 3.07. The summed E-state index contributed by atoms with van der Waals surface area (Å²) in [6, 6.07) is 0. The first-order valence-electron chi connectivity index (χ1n) is 14.0. The first-order valence-corrected chi connectivity index (χ1v) is 14.0. The maximum Gasteiger partial charge on any atom is 0.302 e. The van der Waals surface area contributed by atoms with E-state index < -0.39 is 5.60 Å². The summed E-state index contributed by atoms with van der Waals surface area (Å²) in [4.78, 5) is 11.6. The molecular weight excluding hydrogens is 408 g/mol. The Kier molecular flexibility index (Phi) is 6.89. The summed E-state index contributed by atoms with van der Waals surface area (Å²) in [5.74, 6) is 4.20. The third kappa shape index (κ3) is 4.13. The van der Waals surface area contributed by atoms with Gasteiger partial charge in [0.1, 0.15) is 6.10 Å². The maximum absolute atomic E-state index is 12.0. The van der Waals surface area contributed by atoms with E-state index in [1.54, 1.807) is 0 Å². The highest BCUT2D eigenvalue weighted by atomic mass is 16.5. The smallest absolute Gasteiger partial charge is 0.302 e. The van der Waals surface area contributed by atoms with Gasteiger partial charge in [-0.15, -0.1) is 0 Å². The number of rotatable bonds is 6. The van der Waals surface area contributed by atoms with E-state index in [0.717, 1.165) is 48.5 Å². The zero-order chi connectivity index (χ0) is 24.2. The van der Waals surface area contributed by atoms with Crippen molar-refractivity contribution in [2.45, 2.75) is 124 Å². The van der Waals surface area contributed by atoms with Gasteiger partial charge in [0.15, 0.2) is 0 Å². The molecule has 0 aromatic heterocycles. The molecule has 0 saturated heterocycles. The van der Waals surface area contributed by atoms with Gasteiger partial charge in [0.25, 0.3) is 0 Å². The molecule has 0 unspecified atom stereocenters. The van der Waals surface area contributed by atoms with Crippen LogP contribution in [0.5, 0.6) is 0 Å². The quantitative estimate of drug-likeness (QED) is 0.335. The van der Waals surface area contributed by atoms with Gasteiger partial charge < -0.3 is 9.84 Å². The zero-order valence-electron chi connectivity index (χ0n) is 22.3. The lowest BCUT2D eigenvalue weighted by Crippen LogP contribution is -2.64. The van der Waals surface area contributed by atoms with Crippen LogP contribution < -0.4 is 0 Å². The second kappa shape index (κ2) is 8.99. The topological polar surface area (TPSA) is 46.5 Å². The molecule has 0 bridgehead atoms. The number of hydrogen-bond donors (Lipinski definition) is 1. The minimum absolute atomic E-state index is 0.147. The summed E-state index contributed by atoms with van der Waals surface area (Å²) < 4.78 is 5.57. The molecule has 0 heterocycles. The Hall–Kier alpha value is -0.830. The molecule has 4 aliphatic rings. The normalized spacial score (nSPS) is 45.8. The zero-order valence-corrected chi connectivity index (χ0v) is 22.3. The van der Waals surface area contributed by atoms with Crippen LogP contribution in [0.2, 0.25) is 0 Å². The predicted octanol–water partition coefficient (Wildman–Crippen LogP) is 7.32. The van der Waals surface area contributed by atoms with Gasteiger partial charge in [0.2, 0.25) is 0 Å². The number of fused-ring (bicyclic) bond motifs is 5. The highest BCUT2D eigenvalue weighted by Crippen LogP contribution is 2.70. The molecule has 3 nitrogen and oxygen atoms in total. The molecule has 0 aromatic carbocycles. The molecule has 0 spiro atoms. The Bertz CT molecular complexity index is 758. The van der Waals surface area contributed by atoms with Crippen LogP contribution in [0.1, 0.15) is 112 Å². The van der Waals surface area contributed by atoms with E-state index in [1.165, 1.54) is 51.9 Å². The summed E-state index contributed by atoms with van der Waals surface area (Å²) in [6.07, 6.45) is 12.5. The van der Waals surface area contributed by atoms with Gasteiger partial charge in [-0.1, -0.05) is 60.5 Å². The van der Waals surface area contributed by atoms with Crippen LogP contribution in [0.3, 0.4) is 0 Å². The van der Waals surface area contributed by atoms with Gasteiger partial charge in [-0.3, -0.25) is 4.79 Å². The summed E-state index contributed by atoms with van der Waals surface area (Å²) in [5, 5.41) is 12.0. The van der Waals surface area contributed by atoms with E-state index in [4.69, 9.17) is 4.74 Å². The number of hydrogen-bond acceptors (Lipinski definition) is 3. The van der Waals surface area contributed by atoms with Gasteiger partial charge in [-0.2, -0.15) is 0 Å². The van der Waals surface area contributed by atoms with E-state index in [2.05, 4.69) is 41.2 Å². The molecule has 9 atom stereocenters. The molecule has 0 aliphatic heterocycles. The van der Waals surface area contributed by atoms with Gasteiger partial charge in [0, 0.05) is 18.8 Å². The van der Waals surface area contributed by atoms with Crippen LogP contribution in [0, 0.1) is 46.3 Å². The molecular formula is C30H50O3. The van der Waals surface area contributed by atoms with Crippen LogP contribution in [-0.2, 0) is 9.53 Å². The molecule has 4 saturated carbocycles. The largest absolute Gasteiger partial charge is 0.462 e. The predicted molar refractivity (Wildman–Crippen MR) is 135 cm³/mol. The molecule has 33 heavy (non-hydrogen) atoms. The van der Waals surface area contributed by atoms with Gasteiger partial charge in [-0.25, -0.2) is 0 Å². The highest BCUT2D eigenvalue weighted by Gasteiger charge is 2.66. The fraction of sp³-hybridized carbons (Fsp3) is 0.900. The van der Waals surface area contributed by atoms with Gasteiger partial charge in [0.05, 0.1) is 5.60 Å². The summed E-state index contributed by atoms with van der Waals surface area (Å²) in [7, 11) is 0. The second-order valence-corrected chi connectivity index (χ2v) is 13.5. The first-order chi connectivity index (χ1) is 15.4. The molecule has 4 rings (SSSR count). The van der Waals surface area contributed by atoms with Crippen molar-refractivity contribution in [3.63, 3.8) is 0 Å². The van der Waals surface area contributed by atoms with Crippen LogP contribution in [0.4, 0.5) is 0 Å². The number of aliphatic hydroxyl groups is 1. The summed E-state index contributed by atoms with van der Waals surface area (Å²) >= 11 is 0. The Morgan fingerprint density at radius 3 is 2.48 bits per heavy atom. The molecule has 3 heteroatoms. The van der Waals surface area contributed by atoms with E-state index in [-0.39, 0.29) is 17.5 Å². The van der Waals surface area contributed by atoms with E-state index in [1.807, 2.05) is 0 Å². The Morgan fingerprint density at radius 1 is 1.09 bits per heavy atom. The fourth-order valence-corrected chi connectivity index (χ4v) is 9.55. The van der Waals surface area contributed by atoms with Crippen molar-refractivity contribution >= 4 is 5.97 Å². The van der Waals surface area contributed by atoms with Gasteiger partial charge in [-0.05, 0) is 91.4 Å². The average molecular weight is 459 g/mol. The number of carbonyl (C=O) groups is 1. The van der Waals surface area contributed by atoms with Crippen molar-refractivity contribution in [2.24, 2.45) is 46.3 Å². The molecule has 4 fully saturated rings. The minimum Gasteiger partial charge on any atom is -0.462 e. The Morgan fingerprint density at radius 2 is 1.82 bits per heavy atom. The van der Waals surface area contributed by atoms with Crippen LogP contribution in [-0.4, -0.2) is 22.8 Å². The standard InChI is InChI=1S/C30H50O3/c1-19(2)9-8-10-20(3)25-11-12-26-24-17-21(4)30(32)18-23(33-22(5)31)13-16-29(30,7)27(24)14-15-28(25,26)6/h19-20,23-27,32H,4,8-18H2,1-3,5-7H3/t20-,23-,24+,25-,26+,27+,28-,29-,30+/m1/s1. The van der Waals surface area contributed by atoms with Crippen molar-refractivity contribution in [1.29, 1.82) is 0 Å². The highest BCUT2D eigenvalue weighted by molar-refractivity contribution is 5.66. The van der Waals surface area contributed by atoms with Crippen LogP contribution in [0.15, 0.2) is 12.2 Å². The minimum atomic E-state index is -0.900. The Labute approximate surface area is 203 Å². The SMILES string of the molecule is C=C1C[C@H]2[C@@H]3CC[C@H]([C@H](C)CCCC(C)C)[C@@]3(C)CC[C@@H]2[C@@]2(C)CC[C@@H](OC(C)=O)C[C@]12O. The third-order valence-corrected chi connectivity index (χ3v) is 11.3. The molecule has 4 aliphatic carbocycles. The number of esters is 1. The first kappa shape index (κ1) is 25.3. The van der Waals surface area contributed by atoms with Crippen molar-refractivity contribution in [3.05, 3.63) is 12.2 Å². The Balaban J connectivity index is 1.52.